The monoisotopic (exact) mass is 459 g/mol. The van der Waals surface area contributed by atoms with Crippen molar-refractivity contribution in [2.24, 2.45) is 4.99 Å². The lowest BCUT2D eigenvalue weighted by atomic mass is 10.2. The summed E-state index contributed by atoms with van der Waals surface area (Å²) in [5.41, 5.74) is 2.02. The van der Waals surface area contributed by atoms with Crippen molar-refractivity contribution in [3.8, 4) is 11.5 Å². The maximum absolute atomic E-state index is 12.9. The van der Waals surface area contributed by atoms with Crippen LogP contribution in [-0.2, 0) is 13.1 Å². The van der Waals surface area contributed by atoms with Crippen LogP contribution in [0.5, 0.6) is 11.5 Å². The first kappa shape index (κ1) is 21.0. The molecular weight excluding hydrogens is 436 g/mol. The zero-order valence-electron chi connectivity index (χ0n) is 14.5. The van der Waals surface area contributed by atoms with E-state index in [-0.39, 0.29) is 29.8 Å². The first-order valence-electron chi connectivity index (χ1n) is 7.56. The van der Waals surface area contributed by atoms with E-state index in [1.807, 2.05) is 18.2 Å². The molecule has 2 aromatic carbocycles. The molecule has 2 N–H and O–H groups in total. The van der Waals surface area contributed by atoms with Crippen molar-refractivity contribution in [3.63, 3.8) is 0 Å². The summed E-state index contributed by atoms with van der Waals surface area (Å²) in [6.07, 6.45) is 0. The second kappa shape index (κ2) is 10.8. The van der Waals surface area contributed by atoms with Crippen molar-refractivity contribution >= 4 is 29.9 Å². The maximum Gasteiger partial charge on any atom is 0.191 e. The van der Waals surface area contributed by atoms with E-state index in [0.29, 0.717) is 30.5 Å². The van der Waals surface area contributed by atoms with Crippen molar-refractivity contribution in [1.82, 2.24) is 10.6 Å². The fourth-order valence-electron chi connectivity index (χ4n) is 2.19. The zero-order chi connectivity index (χ0) is 17.4. The van der Waals surface area contributed by atoms with Crippen LogP contribution in [0.2, 0.25) is 0 Å². The molecule has 0 heterocycles. The van der Waals surface area contributed by atoms with E-state index in [1.54, 1.807) is 33.4 Å². The van der Waals surface area contributed by atoms with Crippen LogP contribution >= 0.6 is 24.0 Å². The molecule has 0 saturated carbocycles. The summed E-state index contributed by atoms with van der Waals surface area (Å²) in [6.45, 7) is 1.15. The highest BCUT2D eigenvalue weighted by molar-refractivity contribution is 14.0. The molecule has 0 aliphatic heterocycles. The number of rotatable bonds is 6. The summed E-state index contributed by atoms with van der Waals surface area (Å²) in [6, 6.07) is 12.1. The SMILES string of the molecule is CN=C(NCc1ccc(F)cc1)NCc1ccc(OC)c(OC)c1.I. The number of methoxy groups -OCH3 is 2. The molecule has 2 rings (SSSR count). The summed E-state index contributed by atoms with van der Waals surface area (Å²) in [4.78, 5) is 4.18. The molecule has 0 unspecified atom stereocenters. The molecule has 0 aliphatic rings. The van der Waals surface area contributed by atoms with Crippen LogP contribution in [0, 0.1) is 5.82 Å². The average molecular weight is 459 g/mol. The van der Waals surface area contributed by atoms with E-state index >= 15 is 0 Å². The maximum atomic E-state index is 12.9. The Morgan fingerprint density at radius 3 is 2.04 bits per heavy atom. The van der Waals surface area contributed by atoms with E-state index in [0.717, 1.165) is 11.1 Å². The second-order valence-corrected chi connectivity index (χ2v) is 5.10. The van der Waals surface area contributed by atoms with Gasteiger partial charge in [-0.2, -0.15) is 0 Å². The van der Waals surface area contributed by atoms with Gasteiger partial charge in [0.2, 0.25) is 0 Å². The minimum Gasteiger partial charge on any atom is -0.493 e. The summed E-state index contributed by atoms with van der Waals surface area (Å²) in [7, 11) is 4.92. The van der Waals surface area contributed by atoms with Gasteiger partial charge in [0.15, 0.2) is 17.5 Å². The minimum atomic E-state index is -0.241. The van der Waals surface area contributed by atoms with Crippen LogP contribution in [0.1, 0.15) is 11.1 Å². The van der Waals surface area contributed by atoms with E-state index in [1.165, 1.54) is 12.1 Å². The molecule has 0 aromatic heterocycles. The van der Waals surface area contributed by atoms with Crippen molar-refractivity contribution < 1.29 is 13.9 Å². The molecule has 0 aliphatic carbocycles. The number of halogens is 2. The van der Waals surface area contributed by atoms with E-state index in [2.05, 4.69) is 15.6 Å². The topological polar surface area (TPSA) is 54.9 Å². The highest BCUT2D eigenvalue weighted by Crippen LogP contribution is 2.27. The molecule has 0 fully saturated rings. The third kappa shape index (κ3) is 6.41. The van der Waals surface area contributed by atoms with Gasteiger partial charge in [-0.1, -0.05) is 18.2 Å². The molecule has 0 amide bonds. The van der Waals surface area contributed by atoms with Crippen LogP contribution in [-0.4, -0.2) is 27.2 Å². The summed E-state index contributed by atoms with van der Waals surface area (Å²) in [5, 5.41) is 6.41. The van der Waals surface area contributed by atoms with Gasteiger partial charge in [0.25, 0.3) is 0 Å². The molecule has 136 valence electrons. The van der Waals surface area contributed by atoms with E-state index in [9.17, 15) is 4.39 Å². The molecule has 0 spiro atoms. The zero-order valence-corrected chi connectivity index (χ0v) is 16.8. The van der Waals surface area contributed by atoms with Gasteiger partial charge in [-0.25, -0.2) is 4.39 Å². The van der Waals surface area contributed by atoms with Crippen molar-refractivity contribution in [3.05, 3.63) is 59.4 Å². The van der Waals surface area contributed by atoms with Crippen molar-refractivity contribution in [2.75, 3.05) is 21.3 Å². The Kier molecular flexibility index (Phi) is 9.04. The van der Waals surface area contributed by atoms with Gasteiger partial charge in [0.1, 0.15) is 5.82 Å². The van der Waals surface area contributed by atoms with E-state index < -0.39 is 0 Å². The summed E-state index contributed by atoms with van der Waals surface area (Å²) < 4.78 is 23.4. The van der Waals surface area contributed by atoms with Crippen LogP contribution in [0.3, 0.4) is 0 Å². The van der Waals surface area contributed by atoms with Gasteiger partial charge in [-0.15, -0.1) is 24.0 Å². The molecular formula is C18H23FIN3O2. The number of hydrogen-bond acceptors (Lipinski definition) is 3. The standard InChI is InChI=1S/C18H22FN3O2.HI/c1-20-18(21-11-13-4-7-15(19)8-5-13)22-12-14-6-9-16(23-2)17(10-14)24-3;/h4-10H,11-12H2,1-3H3,(H2,20,21,22);1H. The van der Waals surface area contributed by atoms with Gasteiger partial charge < -0.3 is 20.1 Å². The molecule has 2 aromatic rings. The molecule has 0 bridgehead atoms. The number of hydrogen-bond donors (Lipinski definition) is 2. The highest BCUT2D eigenvalue weighted by Gasteiger charge is 2.05. The normalized spacial score (nSPS) is 10.6. The van der Waals surface area contributed by atoms with Gasteiger partial charge in [0, 0.05) is 20.1 Å². The predicted molar refractivity (Wildman–Crippen MR) is 108 cm³/mol. The van der Waals surface area contributed by atoms with Crippen LogP contribution in [0.4, 0.5) is 4.39 Å². The van der Waals surface area contributed by atoms with Crippen LogP contribution < -0.4 is 20.1 Å². The quantitative estimate of drug-likeness (QED) is 0.396. The lowest BCUT2D eigenvalue weighted by molar-refractivity contribution is 0.354. The molecule has 0 radical (unpaired) electrons. The Hall–Kier alpha value is -2.03. The Labute approximate surface area is 164 Å². The number of ether oxygens (including phenoxy) is 2. The first-order chi connectivity index (χ1) is 11.7. The Balaban J connectivity index is 0.00000312. The smallest absolute Gasteiger partial charge is 0.191 e. The Morgan fingerprint density at radius 1 is 0.920 bits per heavy atom. The molecule has 0 saturated heterocycles. The lowest BCUT2D eigenvalue weighted by Gasteiger charge is -2.13. The molecule has 0 atom stereocenters. The third-order valence-corrected chi connectivity index (χ3v) is 3.50. The molecule has 5 nitrogen and oxygen atoms in total. The number of guanidine groups is 1. The fourth-order valence-corrected chi connectivity index (χ4v) is 2.19. The van der Waals surface area contributed by atoms with Crippen molar-refractivity contribution in [2.45, 2.75) is 13.1 Å². The molecule has 7 heteroatoms. The Bertz CT molecular complexity index is 693. The average Bonchev–Trinajstić information content (AvgIpc) is 2.63. The lowest BCUT2D eigenvalue weighted by Crippen LogP contribution is -2.36. The number of aliphatic imine (C=N–C) groups is 1. The minimum absolute atomic E-state index is 0. The highest BCUT2D eigenvalue weighted by atomic mass is 127. The summed E-state index contributed by atoms with van der Waals surface area (Å²) in [5.74, 6) is 1.80. The van der Waals surface area contributed by atoms with Crippen molar-refractivity contribution in [1.29, 1.82) is 0 Å². The largest absolute Gasteiger partial charge is 0.493 e. The second-order valence-electron chi connectivity index (χ2n) is 5.10. The van der Waals surface area contributed by atoms with Crippen LogP contribution in [0.25, 0.3) is 0 Å². The van der Waals surface area contributed by atoms with Gasteiger partial charge in [-0.05, 0) is 35.4 Å². The van der Waals surface area contributed by atoms with Gasteiger partial charge in [0.05, 0.1) is 14.2 Å². The van der Waals surface area contributed by atoms with Crippen LogP contribution in [0.15, 0.2) is 47.5 Å². The number of benzene rings is 2. The number of nitrogens with zero attached hydrogens (tertiary/aromatic N) is 1. The van der Waals surface area contributed by atoms with Gasteiger partial charge >= 0.3 is 0 Å². The predicted octanol–water partition coefficient (Wildman–Crippen LogP) is 3.33. The fraction of sp³-hybridized carbons (Fsp3) is 0.278. The van der Waals surface area contributed by atoms with Gasteiger partial charge in [-0.3, -0.25) is 4.99 Å². The third-order valence-electron chi connectivity index (χ3n) is 3.50. The molecule has 25 heavy (non-hydrogen) atoms. The number of nitrogens with one attached hydrogen (secondary N) is 2. The van der Waals surface area contributed by atoms with E-state index in [4.69, 9.17) is 9.47 Å². The Morgan fingerprint density at radius 2 is 1.48 bits per heavy atom. The summed E-state index contributed by atoms with van der Waals surface area (Å²) >= 11 is 0. The first-order valence-corrected chi connectivity index (χ1v) is 7.56.